The number of hydrogen-bond donors (Lipinski definition) is 0. The molecular weight excluding hydrogens is 316 g/mol. The lowest BCUT2D eigenvalue weighted by Gasteiger charge is -2.14. The van der Waals surface area contributed by atoms with Crippen LogP contribution in [0, 0.1) is 18.7 Å². The third-order valence-electron chi connectivity index (χ3n) is 5.75. The van der Waals surface area contributed by atoms with Gasteiger partial charge in [0.1, 0.15) is 0 Å². The van der Waals surface area contributed by atoms with E-state index in [0.29, 0.717) is 0 Å². The molecule has 2 aliphatic carbocycles. The van der Waals surface area contributed by atoms with E-state index < -0.39 is 8.41 Å². The second kappa shape index (κ2) is 6.38. The molecular formula is C24H26Si. The van der Waals surface area contributed by atoms with Crippen molar-refractivity contribution in [3.8, 4) is 11.1 Å². The summed E-state index contributed by atoms with van der Waals surface area (Å²) >= 11 is 0. The Labute approximate surface area is 152 Å². The first kappa shape index (κ1) is 16.5. The van der Waals surface area contributed by atoms with Gasteiger partial charge in [-0.3, -0.25) is 0 Å². The maximum atomic E-state index is 2.54. The molecule has 0 aliphatic heterocycles. The Morgan fingerprint density at radius 2 is 1.80 bits per heavy atom. The van der Waals surface area contributed by atoms with Crippen LogP contribution in [-0.2, 0) is 0 Å². The first-order chi connectivity index (χ1) is 12.1. The molecule has 0 spiro atoms. The molecule has 0 bridgehead atoms. The van der Waals surface area contributed by atoms with E-state index in [-0.39, 0.29) is 0 Å². The molecule has 0 nitrogen and oxygen atoms in total. The molecule has 4 rings (SSSR count). The van der Waals surface area contributed by atoms with Gasteiger partial charge in [0.15, 0.2) is 0 Å². The van der Waals surface area contributed by atoms with Crippen LogP contribution in [0.4, 0.5) is 0 Å². The highest BCUT2D eigenvalue weighted by Crippen LogP contribution is 2.33. The Morgan fingerprint density at radius 1 is 1.00 bits per heavy atom. The predicted octanol–water partition coefficient (Wildman–Crippen LogP) is 5.82. The van der Waals surface area contributed by atoms with Crippen LogP contribution in [0.2, 0.25) is 12.1 Å². The van der Waals surface area contributed by atoms with Crippen LogP contribution in [0.1, 0.15) is 42.5 Å². The van der Waals surface area contributed by atoms with Crippen LogP contribution in [0.15, 0.2) is 42.5 Å². The average molecular weight is 343 g/mol. The average Bonchev–Trinajstić information content (AvgIpc) is 3.23. The van der Waals surface area contributed by atoms with E-state index in [1.807, 2.05) is 0 Å². The number of allylic oxidation sites excluding steroid dienone is 4. The molecule has 25 heavy (non-hydrogen) atoms. The summed E-state index contributed by atoms with van der Waals surface area (Å²) in [6.07, 6.45) is 10.3. The van der Waals surface area contributed by atoms with Crippen molar-refractivity contribution < 1.29 is 0 Å². The van der Waals surface area contributed by atoms with Crippen LogP contribution in [0.5, 0.6) is 0 Å². The molecule has 0 heterocycles. The van der Waals surface area contributed by atoms with Crippen molar-refractivity contribution in [3.63, 3.8) is 0 Å². The van der Waals surface area contributed by atoms with Crippen LogP contribution < -0.4 is 5.22 Å². The molecule has 0 saturated carbocycles. The summed E-state index contributed by atoms with van der Waals surface area (Å²) in [7, 11) is -0.474. The lowest BCUT2D eigenvalue weighted by molar-refractivity contribution is 1.29. The Bertz CT molecular complexity index is 1040. The summed E-state index contributed by atoms with van der Waals surface area (Å²) in [5.74, 6) is 0. The summed E-state index contributed by atoms with van der Waals surface area (Å²) in [5.41, 5.74) is 10.1. The Balaban J connectivity index is 2.13. The van der Waals surface area contributed by atoms with Crippen LogP contribution >= 0.6 is 0 Å². The van der Waals surface area contributed by atoms with Crippen molar-refractivity contribution in [3.05, 3.63) is 74.8 Å². The minimum atomic E-state index is -0.474. The second-order valence-electron chi connectivity index (χ2n) is 7.26. The molecule has 0 fully saturated rings. The third kappa shape index (κ3) is 2.62. The zero-order valence-corrected chi connectivity index (χ0v) is 16.7. The monoisotopic (exact) mass is 342 g/mol. The SMILES string of the molecule is CC[Si](CC)=c1cc2c(c(C3=CC=CC3)c1C)=Cc1cc(C)ccc1-2. The normalized spacial score (nSPS) is 14.2. The molecule has 2 aromatic carbocycles. The van der Waals surface area contributed by atoms with Crippen molar-refractivity contribution in [1.82, 2.24) is 0 Å². The molecule has 0 radical (unpaired) electrons. The standard InChI is InChI=1S/C24H26Si/c1-5-25(6-2)23-15-21-20-12-11-16(3)13-19(20)14-22(21)24(17(23)4)18-9-7-8-10-18/h7-9,11-15H,5-6,10H2,1-4H3. The summed E-state index contributed by atoms with van der Waals surface area (Å²) in [4.78, 5) is 1.65. The van der Waals surface area contributed by atoms with Crippen molar-refractivity contribution in [2.75, 3.05) is 0 Å². The molecule has 0 saturated heterocycles. The minimum absolute atomic E-state index is 0.474. The van der Waals surface area contributed by atoms with Crippen molar-refractivity contribution in [2.45, 2.75) is 46.2 Å². The Hall–Kier alpha value is -1.99. The topological polar surface area (TPSA) is 0 Å². The van der Waals surface area contributed by atoms with Crippen LogP contribution in [0.3, 0.4) is 0 Å². The van der Waals surface area contributed by atoms with E-state index in [1.165, 1.54) is 56.3 Å². The maximum Gasteiger partial charge on any atom is 0.0192 e. The molecule has 1 heteroatoms. The van der Waals surface area contributed by atoms with Gasteiger partial charge in [-0.25, -0.2) is 0 Å². The minimum Gasteiger partial charge on any atom is -0.0801 e. The highest BCUT2D eigenvalue weighted by atomic mass is 28.2. The fraction of sp³-hybridized carbons (Fsp3) is 0.292. The van der Waals surface area contributed by atoms with Crippen molar-refractivity contribution >= 4 is 20.1 Å². The van der Waals surface area contributed by atoms with Gasteiger partial charge in [0.05, 0.1) is 0 Å². The molecule has 0 amide bonds. The largest absolute Gasteiger partial charge is 0.0801 e. The molecule has 0 atom stereocenters. The predicted molar refractivity (Wildman–Crippen MR) is 112 cm³/mol. The Morgan fingerprint density at radius 3 is 2.48 bits per heavy atom. The van der Waals surface area contributed by atoms with Crippen molar-refractivity contribution in [2.24, 2.45) is 0 Å². The van der Waals surface area contributed by atoms with E-state index in [9.17, 15) is 0 Å². The zero-order valence-electron chi connectivity index (χ0n) is 15.7. The van der Waals surface area contributed by atoms with E-state index >= 15 is 0 Å². The first-order valence-corrected chi connectivity index (χ1v) is 11.4. The van der Waals surface area contributed by atoms with Gasteiger partial charge in [0, 0.05) is 8.41 Å². The van der Waals surface area contributed by atoms with E-state index in [4.69, 9.17) is 0 Å². The van der Waals surface area contributed by atoms with Gasteiger partial charge >= 0.3 is 0 Å². The maximum absolute atomic E-state index is 2.54. The molecule has 126 valence electrons. The fourth-order valence-electron chi connectivity index (χ4n) is 4.42. The zero-order chi connectivity index (χ0) is 17.6. The van der Waals surface area contributed by atoms with Gasteiger partial charge in [0.25, 0.3) is 0 Å². The lowest BCUT2D eigenvalue weighted by Crippen LogP contribution is -2.14. The fourth-order valence-corrected chi connectivity index (χ4v) is 6.69. The molecule has 0 aromatic heterocycles. The van der Waals surface area contributed by atoms with Crippen LogP contribution in [-0.4, -0.2) is 8.41 Å². The van der Waals surface area contributed by atoms with Crippen LogP contribution in [0.25, 0.3) is 22.8 Å². The molecule has 2 aromatic rings. The van der Waals surface area contributed by atoms with Gasteiger partial charge in [-0.05, 0) is 81.9 Å². The van der Waals surface area contributed by atoms with Gasteiger partial charge in [-0.2, -0.15) is 0 Å². The third-order valence-corrected chi connectivity index (χ3v) is 8.74. The van der Waals surface area contributed by atoms with Gasteiger partial charge < -0.3 is 0 Å². The first-order valence-electron chi connectivity index (χ1n) is 9.48. The summed E-state index contributed by atoms with van der Waals surface area (Å²) in [5, 5.41) is 1.45. The highest BCUT2D eigenvalue weighted by Gasteiger charge is 2.19. The van der Waals surface area contributed by atoms with Gasteiger partial charge in [-0.15, -0.1) is 0 Å². The molecule has 0 unspecified atom stereocenters. The molecule has 2 aliphatic rings. The summed E-state index contributed by atoms with van der Waals surface area (Å²) < 4.78 is 0. The number of fused-ring (bicyclic) bond motifs is 3. The summed E-state index contributed by atoms with van der Waals surface area (Å²) in [6.45, 7) is 9.28. The quantitative estimate of drug-likeness (QED) is 0.526. The number of hydrogen-bond acceptors (Lipinski definition) is 0. The number of benzene rings is 2. The second-order valence-corrected chi connectivity index (χ2v) is 10.4. The lowest BCUT2D eigenvalue weighted by atomic mass is 9.94. The van der Waals surface area contributed by atoms with E-state index in [2.05, 4.69) is 76.3 Å². The number of rotatable bonds is 3. The van der Waals surface area contributed by atoms with Gasteiger partial charge in [0.2, 0.25) is 0 Å². The summed E-state index contributed by atoms with van der Waals surface area (Å²) in [6, 6.07) is 12.1. The smallest absolute Gasteiger partial charge is 0.0192 e. The van der Waals surface area contributed by atoms with Crippen molar-refractivity contribution in [1.29, 1.82) is 0 Å². The Kier molecular flexibility index (Phi) is 4.21. The number of aryl methyl sites for hydroxylation is 1. The van der Waals surface area contributed by atoms with E-state index in [1.54, 1.807) is 4.81 Å². The highest BCUT2D eigenvalue weighted by molar-refractivity contribution is 6.50. The van der Waals surface area contributed by atoms with Gasteiger partial charge in [-0.1, -0.05) is 61.9 Å². The molecule has 0 N–H and O–H groups in total. The van der Waals surface area contributed by atoms with E-state index in [0.717, 1.165) is 6.42 Å².